The molecule has 0 saturated heterocycles. The van der Waals surface area contributed by atoms with Crippen LogP contribution in [0.4, 0.5) is 0 Å². The Bertz CT molecular complexity index is 841. The lowest BCUT2D eigenvalue weighted by Gasteiger charge is -2.25. The summed E-state index contributed by atoms with van der Waals surface area (Å²) in [6, 6.07) is 5.47. The number of methoxy groups -OCH3 is 1. The van der Waals surface area contributed by atoms with E-state index in [1.165, 1.54) is 7.11 Å². The van der Waals surface area contributed by atoms with Crippen molar-refractivity contribution in [2.24, 2.45) is 0 Å². The van der Waals surface area contributed by atoms with E-state index >= 15 is 0 Å². The van der Waals surface area contributed by atoms with Gasteiger partial charge in [-0.1, -0.05) is 25.5 Å². The summed E-state index contributed by atoms with van der Waals surface area (Å²) in [6.45, 7) is 5.30. The number of ether oxygens (including phenoxy) is 2. The lowest BCUT2D eigenvalue weighted by Crippen LogP contribution is -2.35. The van der Waals surface area contributed by atoms with Gasteiger partial charge in [-0.25, -0.2) is 9.78 Å². The maximum Gasteiger partial charge on any atom is 0.327 e. The molecule has 0 radical (unpaired) electrons. The molecule has 1 N–H and O–H groups in total. The molecule has 28 heavy (non-hydrogen) atoms. The van der Waals surface area contributed by atoms with Gasteiger partial charge in [0.25, 0.3) is 0 Å². The van der Waals surface area contributed by atoms with E-state index in [1.54, 1.807) is 0 Å². The summed E-state index contributed by atoms with van der Waals surface area (Å²) < 4.78 is 16.5. The highest BCUT2D eigenvalue weighted by Crippen LogP contribution is 2.28. The molecule has 1 aliphatic heterocycles. The second-order valence-electron chi connectivity index (χ2n) is 6.87. The zero-order chi connectivity index (χ0) is 19.9. The Morgan fingerprint density at radius 2 is 2.29 bits per heavy atom. The van der Waals surface area contributed by atoms with Gasteiger partial charge >= 0.3 is 5.97 Å². The van der Waals surface area contributed by atoms with Gasteiger partial charge in [0.15, 0.2) is 0 Å². The van der Waals surface area contributed by atoms with Crippen molar-refractivity contribution in [2.75, 3.05) is 20.3 Å². The number of hydrogen-bond acceptors (Lipinski definition) is 6. The van der Waals surface area contributed by atoms with Crippen molar-refractivity contribution in [3.05, 3.63) is 52.7 Å². The molecule has 1 atom stereocenters. The van der Waals surface area contributed by atoms with E-state index in [2.05, 4.69) is 23.3 Å². The maximum atomic E-state index is 12.0. The van der Waals surface area contributed by atoms with E-state index in [4.69, 9.17) is 13.9 Å². The van der Waals surface area contributed by atoms with Gasteiger partial charge in [0.05, 0.1) is 19.4 Å². The summed E-state index contributed by atoms with van der Waals surface area (Å²) in [6.07, 6.45) is 7.65. The monoisotopic (exact) mass is 384 g/mol. The minimum absolute atomic E-state index is 0.278. The van der Waals surface area contributed by atoms with Crippen molar-refractivity contribution in [2.45, 2.75) is 45.6 Å². The molecule has 6 nitrogen and oxygen atoms in total. The van der Waals surface area contributed by atoms with Gasteiger partial charge < -0.3 is 19.2 Å². The van der Waals surface area contributed by atoms with Crippen LogP contribution in [-0.2, 0) is 22.4 Å². The first kappa shape index (κ1) is 20.1. The van der Waals surface area contributed by atoms with E-state index in [0.29, 0.717) is 18.9 Å². The number of aromatic nitrogens is 1. The zero-order valence-electron chi connectivity index (χ0n) is 16.8. The fraction of sp³-hybridized carbons (Fsp3) is 0.455. The quantitative estimate of drug-likeness (QED) is 0.698. The van der Waals surface area contributed by atoms with Crippen LogP contribution in [0.25, 0.3) is 6.08 Å². The van der Waals surface area contributed by atoms with Gasteiger partial charge in [0, 0.05) is 13.0 Å². The van der Waals surface area contributed by atoms with Crippen molar-refractivity contribution in [3.63, 3.8) is 0 Å². The van der Waals surface area contributed by atoms with Crippen LogP contribution in [-0.4, -0.2) is 31.2 Å². The number of fused-ring (bicyclic) bond motifs is 1. The number of unbranched alkanes of at least 4 members (excludes halogenated alkanes) is 1. The minimum atomic E-state index is -0.437. The molecule has 6 heteroatoms. The van der Waals surface area contributed by atoms with Gasteiger partial charge in [-0.3, -0.25) is 0 Å². The fourth-order valence-corrected chi connectivity index (χ4v) is 3.32. The average Bonchev–Trinajstić information content (AvgIpc) is 3.06. The molecule has 1 aliphatic rings. The summed E-state index contributed by atoms with van der Waals surface area (Å²) in [5, 5.41) is 3.21. The molecule has 2 heterocycles. The van der Waals surface area contributed by atoms with Gasteiger partial charge in [-0.05, 0) is 49.1 Å². The van der Waals surface area contributed by atoms with Crippen LogP contribution in [0, 0.1) is 6.92 Å². The van der Waals surface area contributed by atoms with Gasteiger partial charge in [-0.2, -0.15) is 0 Å². The summed E-state index contributed by atoms with van der Waals surface area (Å²) in [7, 11) is 1.41. The molecule has 0 bridgehead atoms. The first-order chi connectivity index (χ1) is 13.6. The molecule has 1 aromatic carbocycles. The van der Waals surface area contributed by atoms with Crippen LogP contribution in [0.15, 0.2) is 28.7 Å². The molecule has 0 fully saturated rings. The number of carbonyl (C=O) groups is 1. The van der Waals surface area contributed by atoms with Crippen molar-refractivity contribution >= 4 is 12.0 Å². The van der Waals surface area contributed by atoms with E-state index in [1.807, 2.05) is 31.2 Å². The summed E-state index contributed by atoms with van der Waals surface area (Å²) in [5.41, 5.74) is 2.98. The second-order valence-corrected chi connectivity index (χ2v) is 6.87. The van der Waals surface area contributed by atoms with E-state index < -0.39 is 6.04 Å². The Morgan fingerprint density at radius 3 is 3.07 bits per heavy atom. The highest BCUT2D eigenvalue weighted by Gasteiger charge is 2.27. The molecule has 0 saturated carbocycles. The lowest BCUT2D eigenvalue weighted by atomic mass is 9.94. The van der Waals surface area contributed by atoms with Crippen molar-refractivity contribution in [3.8, 4) is 5.75 Å². The van der Waals surface area contributed by atoms with Crippen LogP contribution in [0.2, 0.25) is 0 Å². The van der Waals surface area contributed by atoms with Crippen molar-refractivity contribution in [1.29, 1.82) is 0 Å². The first-order valence-electron chi connectivity index (χ1n) is 9.82. The second kappa shape index (κ2) is 9.55. The number of nitrogens with one attached hydrogen (secondary N) is 1. The zero-order valence-corrected chi connectivity index (χ0v) is 16.8. The van der Waals surface area contributed by atoms with E-state index in [0.717, 1.165) is 54.1 Å². The summed E-state index contributed by atoms with van der Waals surface area (Å²) in [4.78, 5) is 16.5. The number of nitrogens with zero attached hydrogens (tertiary/aromatic N) is 1. The Balaban J connectivity index is 1.62. The highest BCUT2D eigenvalue weighted by molar-refractivity contribution is 5.78. The SMILES string of the molecule is CCC/C=C/c1nc(CCOc2ccc3c(c2)C(C(=O)OC)NCC3)c(C)o1. The van der Waals surface area contributed by atoms with Gasteiger partial charge in [0.1, 0.15) is 17.6 Å². The molecule has 0 spiro atoms. The summed E-state index contributed by atoms with van der Waals surface area (Å²) >= 11 is 0. The molecule has 150 valence electrons. The number of allylic oxidation sites excluding steroid dienone is 1. The van der Waals surface area contributed by atoms with Crippen LogP contribution < -0.4 is 10.1 Å². The largest absolute Gasteiger partial charge is 0.493 e. The molecule has 0 aliphatic carbocycles. The molecule has 1 aromatic heterocycles. The molecule has 0 amide bonds. The Labute approximate surface area is 165 Å². The van der Waals surface area contributed by atoms with Crippen LogP contribution in [0.5, 0.6) is 5.75 Å². The third-order valence-corrected chi connectivity index (χ3v) is 4.84. The minimum Gasteiger partial charge on any atom is -0.493 e. The standard InChI is InChI=1S/C22H28N2O4/c1-4-5-6-7-20-24-19(15(2)28-20)11-13-27-17-9-8-16-10-12-23-21(18(16)14-17)22(25)26-3/h6-9,14,21,23H,4-5,10-13H2,1-3H3/b7-6+. The number of carbonyl (C=O) groups excluding carboxylic acids is 1. The van der Waals surface area contributed by atoms with Crippen molar-refractivity contribution in [1.82, 2.24) is 10.3 Å². The molecule has 2 aromatic rings. The Hall–Kier alpha value is -2.60. The average molecular weight is 384 g/mol. The Morgan fingerprint density at radius 1 is 1.43 bits per heavy atom. The van der Waals surface area contributed by atoms with Gasteiger partial charge in [0.2, 0.25) is 5.89 Å². The first-order valence-corrected chi connectivity index (χ1v) is 9.82. The number of hydrogen-bond donors (Lipinski definition) is 1. The number of benzene rings is 1. The lowest BCUT2D eigenvalue weighted by molar-refractivity contribution is -0.143. The Kier molecular flexibility index (Phi) is 6.87. The molecular formula is C22H28N2O4. The van der Waals surface area contributed by atoms with Crippen LogP contribution in [0.1, 0.15) is 54.3 Å². The maximum absolute atomic E-state index is 12.0. The normalized spacial score (nSPS) is 16.2. The number of esters is 1. The number of rotatable bonds is 8. The summed E-state index contributed by atoms with van der Waals surface area (Å²) in [5.74, 6) is 1.92. The molecular weight excluding hydrogens is 356 g/mol. The van der Waals surface area contributed by atoms with Gasteiger partial charge in [-0.15, -0.1) is 0 Å². The third kappa shape index (κ3) is 4.81. The predicted octanol–water partition coefficient (Wildman–Crippen LogP) is 3.78. The van der Waals surface area contributed by atoms with E-state index in [-0.39, 0.29) is 5.97 Å². The van der Waals surface area contributed by atoms with Crippen LogP contribution in [0.3, 0.4) is 0 Å². The number of oxazole rings is 1. The fourth-order valence-electron chi connectivity index (χ4n) is 3.32. The smallest absolute Gasteiger partial charge is 0.327 e. The topological polar surface area (TPSA) is 73.6 Å². The highest BCUT2D eigenvalue weighted by atomic mass is 16.5. The predicted molar refractivity (Wildman–Crippen MR) is 107 cm³/mol. The molecule has 3 rings (SSSR count). The van der Waals surface area contributed by atoms with Crippen molar-refractivity contribution < 1.29 is 18.7 Å². The van der Waals surface area contributed by atoms with Crippen LogP contribution >= 0.6 is 0 Å². The number of aryl methyl sites for hydroxylation is 1. The van der Waals surface area contributed by atoms with E-state index in [9.17, 15) is 4.79 Å². The molecule has 1 unspecified atom stereocenters. The third-order valence-electron chi connectivity index (χ3n) is 4.84.